The van der Waals surface area contributed by atoms with E-state index in [1.165, 1.54) is 18.2 Å². The topological polar surface area (TPSA) is 116 Å². The van der Waals surface area contributed by atoms with Gasteiger partial charge < -0.3 is 10.5 Å². The Balaban J connectivity index is 2.97. The summed E-state index contributed by atoms with van der Waals surface area (Å²) in [6, 6.07) is 3.89. The predicted octanol–water partition coefficient (Wildman–Crippen LogP) is 0.102. The van der Waals surface area contributed by atoms with Gasteiger partial charge in [-0.3, -0.25) is 4.21 Å². The normalized spacial score (nSPS) is 12.9. The minimum atomic E-state index is -3.87. The fraction of sp³-hybridized carbons (Fsp3) is 0.417. The van der Waals surface area contributed by atoms with Crippen LogP contribution in [0.3, 0.4) is 0 Å². The van der Waals surface area contributed by atoms with Crippen LogP contribution in [0.15, 0.2) is 23.1 Å². The lowest BCUT2D eigenvalue weighted by atomic mass is 10.2. The average Bonchev–Trinajstić information content (AvgIpc) is 2.42. The van der Waals surface area contributed by atoms with Crippen molar-refractivity contribution >= 4 is 32.5 Å². The fourth-order valence-corrected chi connectivity index (χ4v) is 3.41. The smallest absolute Gasteiger partial charge is 0.339 e. The lowest BCUT2D eigenvalue weighted by Crippen LogP contribution is -2.27. The molecule has 0 saturated heterocycles. The van der Waals surface area contributed by atoms with E-state index in [1.54, 1.807) is 6.26 Å². The van der Waals surface area contributed by atoms with Crippen molar-refractivity contribution in [1.82, 2.24) is 4.72 Å². The van der Waals surface area contributed by atoms with E-state index in [2.05, 4.69) is 9.46 Å². The fourth-order valence-electron chi connectivity index (χ4n) is 1.61. The molecule has 1 unspecified atom stereocenters. The number of benzene rings is 1. The lowest BCUT2D eigenvalue weighted by Gasteiger charge is -2.11. The van der Waals surface area contributed by atoms with Crippen molar-refractivity contribution in [2.75, 3.05) is 31.4 Å². The molecule has 0 aliphatic carbocycles. The first-order valence-electron chi connectivity index (χ1n) is 6.05. The SMILES string of the molecule is COC(=O)c1cc(N)ccc1S(=O)(=O)NCCCS(C)=O. The van der Waals surface area contributed by atoms with E-state index < -0.39 is 26.8 Å². The van der Waals surface area contributed by atoms with E-state index in [0.29, 0.717) is 12.2 Å². The van der Waals surface area contributed by atoms with Crippen molar-refractivity contribution in [3.8, 4) is 0 Å². The highest BCUT2D eigenvalue weighted by atomic mass is 32.2. The third-order valence-electron chi connectivity index (χ3n) is 2.60. The minimum absolute atomic E-state index is 0.121. The molecule has 0 fully saturated rings. The molecule has 118 valence electrons. The number of carbonyl (C=O) groups is 1. The van der Waals surface area contributed by atoms with E-state index >= 15 is 0 Å². The summed E-state index contributed by atoms with van der Waals surface area (Å²) >= 11 is 0. The van der Waals surface area contributed by atoms with Crippen LogP contribution < -0.4 is 10.5 Å². The average molecular weight is 334 g/mol. The summed E-state index contributed by atoms with van der Waals surface area (Å²) in [5, 5.41) is 0. The second kappa shape index (κ2) is 7.53. The molecule has 0 radical (unpaired) electrons. The van der Waals surface area contributed by atoms with Crippen LogP contribution >= 0.6 is 0 Å². The molecular weight excluding hydrogens is 316 g/mol. The zero-order valence-corrected chi connectivity index (χ0v) is 13.4. The van der Waals surface area contributed by atoms with Crippen molar-refractivity contribution in [2.45, 2.75) is 11.3 Å². The second-order valence-electron chi connectivity index (χ2n) is 4.28. The minimum Gasteiger partial charge on any atom is -0.465 e. The maximum atomic E-state index is 12.2. The van der Waals surface area contributed by atoms with Crippen LogP contribution in [-0.2, 0) is 25.6 Å². The first-order chi connectivity index (χ1) is 9.77. The number of hydrogen-bond donors (Lipinski definition) is 2. The van der Waals surface area contributed by atoms with E-state index in [1.807, 2.05) is 0 Å². The maximum Gasteiger partial charge on any atom is 0.339 e. The Morgan fingerprint density at radius 1 is 1.43 bits per heavy atom. The first kappa shape index (κ1) is 17.6. The van der Waals surface area contributed by atoms with E-state index in [4.69, 9.17) is 5.73 Å². The summed E-state index contributed by atoms with van der Waals surface area (Å²) in [5.74, 6) is -0.383. The summed E-state index contributed by atoms with van der Waals surface area (Å²) in [5.41, 5.74) is 5.70. The van der Waals surface area contributed by atoms with Crippen molar-refractivity contribution < 1.29 is 22.2 Å². The molecule has 1 rings (SSSR count). The molecule has 0 heterocycles. The molecule has 0 spiro atoms. The van der Waals surface area contributed by atoms with Gasteiger partial charge in [-0.05, 0) is 24.6 Å². The number of esters is 1. The number of hydrogen-bond acceptors (Lipinski definition) is 6. The van der Waals surface area contributed by atoms with Crippen molar-refractivity contribution in [1.29, 1.82) is 0 Å². The molecule has 9 heteroatoms. The van der Waals surface area contributed by atoms with Crippen LogP contribution in [0.2, 0.25) is 0 Å². The molecule has 1 atom stereocenters. The molecule has 0 aromatic heterocycles. The molecule has 1 aromatic rings. The number of anilines is 1. The van der Waals surface area contributed by atoms with E-state index in [-0.39, 0.29) is 22.7 Å². The summed E-state index contributed by atoms with van der Waals surface area (Å²) in [6.45, 7) is 0.132. The number of carbonyl (C=O) groups excluding carboxylic acids is 1. The largest absolute Gasteiger partial charge is 0.465 e. The predicted molar refractivity (Wildman–Crippen MR) is 80.9 cm³/mol. The van der Waals surface area contributed by atoms with Gasteiger partial charge in [0, 0.05) is 35.0 Å². The molecular formula is C12H18N2O5S2. The molecule has 3 N–H and O–H groups in total. The molecule has 1 aromatic carbocycles. The van der Waals surface area contributed by atoms with E-state index in [0.717, 1.165) is 7.11 Å². The highest BCUT2D eigenvalue weighted by Crippen LogP contribution is 2.19. The molecule has 21 heavy (non-hydrogen) atoms. The highest BCUT2D eigenvalue weighted by Gasteiger charge is 2.22. The third-order valence-corrected chi connectivity index (χ3v) is 4.98. The van der Waals surface area contributed by atoms with Crippen LogP contribution in [0.5, 0.6) is 0 Å². The zero-order chi connectivity index (χ0) is 16.0. The van der Waals surface area contributed by atoms with Crippen molar-refractivity contribution in [3.05, 3.63) is 23.8 Å². The number of ether oxygens (including phenoxy) is 1. The highest BCUT2D eigenvalue weighted by molar-refractivity contribution is 7.89. The van der Waals surface area contributed by atoms with Crippen LogP contribution in [0.25, 0.3) is 0 Å². The Bertz CT molecular complexity index is 643. The quantitative estimate of drug-likeness (QED) is 0.415. The summed E-state index contributed by atoms with van der Waals surface area (Å²) < 4.78 is 42.2. The van der Waals surface area contributed by atoms with E-state index in [9.17, 15) is 17.4 Å². The number of nitrogen functional groups attached to an aromatic ring is 1. The summed E-state index contributed by atoms with van der Waals surface area (Å²) in [6.07, 6.45) is 1.98. The lowest BCUT2D eigenvalue weighted by molar-refractivity contribution is 0.0596. The van der Waals surface area contributed by atoms with Crippen LogP contribution in [0, 0.1) is 0 Å². The van der Waals surface area contributed by atoms with Crippen LogP contribution in [0.1, 0.15) is 16.8 Å². The Morgan fingerprint density at radius 2 is 2.10 bits per heavy atom. The van der Waals surface area contributed by atoms with Gasteiger partial charge in [0.2, 0.25) is 10.0 Å². The number of nitrogens with two attached hydrogens (primary N) is 1. The van der Waals surface area contributed by atoms with Gasteiger partial charge in [0.15, 0.2) is 0 Å². The third kappa shape index (κ3) is 5.10. The second-order valence-corrected chi connectivity index (χ2v) is 7.57. The zero-order valence-electron chi connectivity index (χ0n) is 11.8. The van der Waals surface area contributed by atoms with Gasteiger partial charge in [0.1, 0.15) is 0 Å². The Labute approximate surface area is 126 Å². The van der Waals surface area contributed by atoms with Gasteiger partial charge in [-0.25, -0.2) is 17.9 Å². The number of sulfonamides is 1. The van der Waals surface area contributed by atoms with Crippen molar-refractivity contribution in [2.24, 2.45) is 0 Å². The Morgan fingerprint density at radius 3 is 2.67 bits per heavy atom. The standard InChI is InChI=1S/C12H18N2O5S2/c1-19-12(15)10-8-9(13)4-5-11(10)21(17,18)14-6-3-7-20(2)16/h4-5,8,14H,3,6-7,13H2,1-2H3. The maximum absolute atomic E-state index is 12.2. The Hall–Kier alpha value is -1.45. The van der Waals surface area contributed by atoms with Gasteiger partial charge >= 0.3 is 5.97 Å². The van der Waals surface area contributed by atoms with Crippen molar-refractivity contribution in [3.63, 3.8) is 0 Å². The molecule has 7 nitrogen and oxygen atoms in total. The van der Waals surface area contributed by atoms with Gasteiger partial charge in [-0.15, -0.1) is 0 Å². The van der Waals surface area contributed by atoms with Crippen LogP contribution in [-0.4, -0.2) is 44.3 Å². The van der Waals surface area contributed by atoms with Gasteiger partial charge in [-0.1, -0.05) is 0 Å². The molecule has 0 amide bonds. The molecule has 0 saturated carbocycles. The first-order valence-corrected chi connectivity index (χ1v) is 9.26. The van der Waals surface area contributed by atoms with Crippen LogP contribution in [0.4, 0.5) is 5.69 Å². The Kier molecular flexibility index (Phi) is 6.31. The number of rotatable bonds is 7. The van der Waals surface area contributed by atoms with Gasteiger partial charge in [0.25, 0.3) is 0 Å². The number of nitrogens with one attached hydrogen (secondary N) is 1. The molecule has 0 aliphatic rings. The summed E-state index contributed by atoms with van der Waals surface area (Å²) in [7, 11) is -3.69. The molecule has 0 aliphatic heterocycles. The number of methoxy groups -OCH3 is 1. The monoisotopic (exact) mass is 334 g/mol. The molecule has 0 bridgehead atoms. The van der Waals surface area contributed by atoms with Gasteiger partial charge in [-0.2, -0.15) is 0 Å². The summed E-state index contributed by atoms with van der Waals surface area (Å²) in [4.78, 5) is 11.4. The van der Waals surface area contributed by atoms with Gasteiger partial charge in [0.05, 0.1) is 17.6 Å².